The minimum absolute atomic E-state index is 0.00982. The Morgan fingerprint density at radius 1 is 1.29 bits per heavy atom. The van der Waals surface area contributed by atoms with Crippen molar-refractivity contribution in [2.45, 2.75) is 18.7 Å². The lowest BCUT2D eigenvalue weighted by Crippen LogP contribution is -2.19. The van der Waals surface area contributed by atoms with Gasteiger partial charge in [-0.15, -0.1) is 0 Å². The highest BCUT2D eigenvalue weighted by molar-refractivity contribution is 5.43. The SMILES string of the molecule is FC(F)(F)c1ccccc1-n1cc(OC2CCNC2)cn1. The lowest BCUT2D eigenvalue weighted by Gasteiger charge is -2.12. The first-order valence-electron chi connectivity index (χ1n) is 6.63. The molecule has 1 aliphatic heterocycles. The molecule has 1 fully saturated rings. The van der Waals surface area contributed by atoms with Gasteiger partial charge in [-0.05, 0) is 25.1 Å². The highest BCUT2D eigenvalue weighted by Gasteiger charge is 2.34. The number of alkyl halides is 3. The number of nitrogens with zero attached hydrogens (tertiary/aromatic N) is 2. The molecule has 1 aromatic carbocycles. The number of halogens is 3. The van der Waals surface area contributed by atoms with Crippen molar-refractivity contribution in [3.05, 3.63) is 42.2 Å². The first-order valence-corrected chi connectivity index (χ1v) is 6.63. The molecular weight excluding hydrogens is 283 g/mol. The van der Waals surface area contributed by atoms with Gasteiger partial charge < -0.3 is 10.1 Å². The Labute approximate surface area is 119 Å². The Balaban J connectivity index is 1.86. The number of hydrogen-bond acceptors (Lipinski definition) is 3. The topological polar surface area (TPSA) is 39.1 Å². The molecule has 0 spiro atoms. The number of benzene rings is 1. The van der Waals surface area contributed by atoms with Crippen LogP contribution in [0.15, 0.2) is 36.7 Å². The third kappa shape index (κ3) is 3.02. The normalized spacial score (nSPS) is 18.9. The quantitative estimate of drug-likeness (QED) is 0.946. The van der Waals surface area contributed by atoms with Gasteiger partial charge in [0.2, 0.25) is 0 Å². The van der Waals surface area contributed by atoms with Crippen LogP contribution in [0.4, 0.5) is 13.2 Å². The smallest absolute Gasteiger partial charge is 0.418 e. The average Bonchev–Trinajstić information content (AvgIpc) is 3.10. The number of hydrogen-bond donors (Lipinski definition) is 1. The van der Waals surface area contributed by atoms with Gasteiger partial charge in [0.15, 0.2) is 5.75 Å². The maximum absolute atomic E-state index is 13.0. The summed E-state index contributed by atoms with van der Waals surface area (Å²) in [6.45, 7) is 1.63. The van der Waals surface area contributed by atoms with E-state index >= 15 is 0 Å². The summed E-state index contributed by atoms with van der Waals surface area (Å²) >= 11 is 0. The molecule has 1 aliphatic rings. The molecule has 0 saturated carbocycles. The molecule has 112 valence electrons. The van der Waals surface area contributed by atoms with E-state index < -0.39 is 11.7 Å². The van der Waals surface area contributed by atoms with Crippen LogP contribution in [0, 0.1) is 0 Å². The van der Waals surface area contributed by atoms with Crippen LogP contribution in [0.25, 0.3) is 5.69 Å². The maximum atomic E-state index is 13.0. The predicted octanol–water partition coefficient (Wildman–Crippen LogP) is 2.63. The zero-order valence-corrected chi connectivity index (χ0v) is 11.1. The van der Waals surface area contributed by atoms with E-state index in [1.165, 1.54) is 29.2 Å². The molecule has 1 saturated heterocycles. The summed E-state index contributed by atoms with van der Waals surface area (Å²) in [6.07, 6.45) is -0.585. The molecule has 1 atom stereocenters. The van der Waals surface area contributed by atoms with Gasteiger partial charge in [0.25, 0.3) is 0 Å². The standard InChI is InChI=1S/C14H14F3N3O/c15-14(16,17)12-3-1-2-4-13(12)20-9-11(8-19-20)21-10-5-6-18-7-10/h1-4,8-10,18H,5-7H2. The van der Waals surface area contributed by atoms with Crippen LogP contribution in [0.2, 0.25) is 0 Å². The van der Waals surface area contributed by atoms with E-state index in [4.69, 9.17) is 4.74 Å². The van der Waals surface area contributed by atoms with E-state index in [-0.39, 0.29) is 11.8 Å². The molecule has 0 aliphatic carbocycles. The Morgan fingerprint density at radius 3 is 2.81 bits per heavy atom. The fraction of sp³-hybridized carbons (Fsp3) is 0.357. The molecule has 0 radical (unpaired) electrons. The van der Waals surface area contributed by atoms with Gasteiger partial charge in [-0.2, -0.15) is 18.3 Å². The monoisotopic (exact) mass is 297 g/mol. The van der Waals surface area contributed by atoms with Crippen molar-refractivity contribution >= 4 is 0 Å². The van der Waals surface area contributed by atoms with E-state index in [0.29, 0.717) is 5.75 Å². The van der Waals surface area contributed by atoms with Gasteiger partial charge in [-0.1, -0.05) is 12.1 Å². The van der Waals surface area contributed by atoms with Gasteiger partial charge in [-0.3, -0.25) is 0 Å². The van der Waals surface area contributed by atoms with E-state index in [1.807, 2.05) is 0 Å². The molecule has 1 N–H and O–H groups in total. The predicted molar refractivity (Wildman–Crippen MR) is 70.5 cm³/mol. The second kappa shape index (κ2) is 5.40. The van der Waals surface area contributed by atoms with Crippen LogP contribution < -0.4 is 10.1 Å². The zero-order chi connectivity index (χ0) is 14.9. The maximum Gasteiger partial charge on any atom is 0.418 e. The first kappa shape index (κ1) is 13.9. The van der Waals surface area contributed by atoms with Crippen molar-refractivity contribution in [1.29, 1.82) is 0 Å². The number of para-hydroxylation sites is 1. The van der Waals surface area contributed by atoms with Crippen LogP contribution in [0.3, 0.4) is 0 Å². The van der Waals surface area contributed by atoms with Crippen molar-refractivity contribution in [3.8, 4) is 11.4 Å². The first-order chi connectivity index (χ1) is 10.0. The summed E-state index contributed by atoms with van der Waals surface area (Å²) < 4.78 is 45.8. The largest absolute Gasteiger partial charge is 0.486 e. The Bertz CT molecular complexity index is 618. The molecule has 0 bridgehead atoms. The van der Waals surface area contributed by atoms with Crippen LogP contribution >= 0.6 is 0 Å². The molecule has 1 aromatic heterocycles. The summed E-state index contributed by atoms with van der Waals surface area (Å²) in [5, 5.41) is 7.13. The summed E-state index contributed by atoms with van der Waals surface area (Å²) in [7, 11) is 0. The van der Waals surface area contributed by atoms with Gasteiger partial charge in [0.1, 0.15) is 6.10 Å². The zero-order valence-electron chi connectivity index (χ0n) is 11.1. The fourth-order valence-corrected chi connectivity index (χ4v) is 2.33. The van der Waals surface area contributed by atoms with Gasteiger partial charge >= 0.3 is 6.18 Å². The second-order valence-electron chi connectivity index (χ2n) is 4.87. The second-order valence-corrected chi connectivity index (χ2v) is 4.87. The molecule has 0 amide bonds. The molecule has 2 aromatic rings. The highest BCUT2D eigenvalue weighted by atomic mass is 19.4. The van der Waals surface area contributed by atoms with E-state index in [1.54, 1.807) is 6.07 Å². The summed E-state index contributed by atoms with van der Waals surface area (Å²) in [4.78, 5) is 0. The van der Waals surface area contributed by atoms with Crippen molar-refractivity contribution in [2.75, 3.05) is 13.1 Å². The van der Waals surface area contributed by atoms with Crippen molar-refractivity contribution in [2.24, 2.45) is 0 Å². The number of aromatic nitrogens is 2. The summed E-state index contributed by atoms with van der Waals surface area (Å²) in [6, 6.07) is 5.33. The van der Waals surface area contributed by atoms with E-state index in [2.05, 4.69) is 10.4 Å². The lowest BCUT2D eigenvalue weighted by atomic mass is 10.2. The molecule has 3 rings (SSSR count). The van der Waals surface area contributed by atoms with Gasteiger partial charge in [0.05, 0.1) is 23.6 Å². The van der Waals surface area contributed by atoms with Crippen LogP contribution in [-0.2, 0) is 6.18 Å². The molecule has 21 heavy (non-hydrogen) atoms. The third-order valence-electron chi connectivity index (χ3n) is 3.33. The lowest BCUT2D eigenvalue weighted by molar-refractivity contribution is -0.137. The fourth-order valence-electron chi connectivity index (χ4n) is 2.33. The third-order valence-corrected chi connectivity index (χ3v) is 3.33. The molecule has 7 heteroatoms. The number of rotatable bonds is 3. The van der Waals surface area contributed by atoms with Crippen LogP contribution in [0.5, 0.6) is 5.75 Å². The summed E-state index contributed by atoms with van der Waals surface area (Å²) in [5.41, 5.74) is -0.730. The molecule has 4 nitrogen and oxygen atoms in total. The van der Waals surface area contributed by atoms with Gasteiger partial charge in [0, 0.05) is 6.54 Å². The van der Waals surface area contributed by atoms with Crippen LogP contribution in [0.1, 0.15) is 12.0 Å². The number of nitrogens with one attached hydrogen (secondary N) is 1. The molecule has 1 unspecified atom stereocenters. The van der Waals surface area contributed by atoms with Crippen LogP contribution in [-0.4, -0.2) is 29.0 Å². The number of ether oxygens (including phenoxy) is 1. The van der Waals surface area contributed by atoms with Crippen molar-refractivity contribution < 1.29 is 17.9 Å². The minimum Gasteiger partial charge on any atom is -0.486 e. The highest BCUT2D eigenvalue weighted by Crippen LogP contribution is 2.33. The Hall–Kier alpha value is -2.02. The summed E-state index contributed by atoms with van der Waals surface area (Å²) in [5.74, 6) is 0.473. The molecule has 2 heterocycles. The van der Waals surface area contributed by atoms with Gasteiger partial charge in [-0.25, -0.2) is 4.68 Å². The average molecular weight is 297 g/mol. The minimum atomic E-state index is -4.42. The van der Waals surface area contributed by atoms with E-state index in [0.717, 1.165) is 25.6 Å². The molecular formula is C14H14F3N3O. The van der Waals surface area contributed by atoms with Crippen molar-refractivity contribution in [1.82, 2.24) is 15.1 Å². The Morgan fingerprint density at radius 2 is 2.10 bits per heavy atom. The van der Waals surface area contributed by atoms with E-state index in [9.17, 15) is 13.2 Å². The Kier molecular flexibility index (Phi) is 3.59. The van der Waals surface area contributed by atoms with Crippen molar-refractivity contribution in [3.63, 3.8) is 0 Å².